The Morgan fingerprint density at radius 2 is 2.31 bits per heavy atom. The van der Waals surface area contributed by atoms with E-state index >= 15 is 0 Å². The van der Waals surface area contributed by atoms with E-state index in [1.807, 2.05) is 12.3 Å². The molecule has 4 heteroatoms. The van der Waals surface area contributed by atoms with E-state index < -0.39 is 0 Å². The molecule has 1 fully saturated rings. The lowest BCUT2D eigenvalue weighted by Crippen LogP contribution is -2.52. The van der Waals surface area contributed by atoms with Gasteiger partial charge >= 0.3 is 0 Å². The van der Waals surface area contributed by atoms with Crippen molar-refractivity contribution >= 4 is 28.4 Å². The second kappa shape index (κ2) is 3.79. The summed E-state index contributed by atoms with van der Waals surface area (Å²) in [4.78, 5) is 6.54. The smallest absolute Gasteiger partial charge is 0.128 e. The van der Waals surface area contributed by atoms with Gasteiger partial charge in [0.25, 0.3) is 0 Å². The molecule has 0 saturated carbocycles. The van der Waals surface area contributed by atoms with Gasteiger partial charge in [0.05, 0.1) is 6.10 Å². The normalized spacial score (nSPS) is 17.2. The molecule has 70 valence electrons. The first-order chi connectivity index (χ1) is 6.29. The summed E-state index contributed by atoms with van der Waals surface area (Å²) in [5.74, 6) is 1.05. The number of methoxy groups -OCH3 is 1. The highest BCUT2D eigenvalue weighted by molar-refractivity contribution is 14.1. The SMILES string of the molecule is COC1CN(c2ccc(I)cn2)C1. The zero-order valence-corrected chi connectivity index (χ0v) is 9.56. The maximum Gasteiger partial charge on any atom is 0.128 e. The number of nitrogens with zero attached hydrogens (tertiary/aromatic N) is 2. The maximum absolute atomic E-state index is 5.19. The average molecular weight is 290 g/mol. The Kier molecular flexibility index (Phi) is 2.69. The van der Waals surface area contributed by atoms with Gasteiger partial charge in [-0.2, -0.15) is 0 Å². The van der Waals surface area contributed by atoms with Gasteiger partial charge in [-0.1, -0.05) is 0 Å². The Morgan fingerprint density at radius 3 is 2.85 bits per heavy atom. The highest BCUT2D eigenvalue weighted by atomic mass is 127. The third-order valence-electron chi connectivity index (χ3n) is 2.22. The predicted octanol–water partition coefficient (Wildman–Crippen LogP) is 1.52. The van der Waals surface area contributed by atoms with E-state index in [-0.39, 0.29) is 0 Å². The van der Waals surface area contributed by atoms with Crippen LogP contribution in [0.4, 0.5) is 5.82 Å². The lowest BCUT2D eigenvalue weighted by atomic mass is 10.1. The molecular formula is C9H11IN2O. The van der Waals surface area contributed by atoms with E-state index in [2.05, 4.69) is 38.5 Å². The molecule has 0 radical (unpaired) electrons. The second-order valence-corrected chi connectivity index (χ2v) is 4.34. The van der Waals surface area contributed by atoms with Gasteiger partial charge in [0, 0.05) is 30.0 Å². The number of pyridine rings is 1. The fourth-order valence-electron chi connectivity index (χ4n) is 1.33. The minimum atomic E-state index is 0.390. The molecular weight excluding hydrogens is 279 g/mol. The van der Waals surface area contributed by atoms with Crippen molar-refractivity contribution in [1.29, 1.82) is 0 Å². The Balaban J connectivity index is 1.99. The number of halogens is 1. The summed E-state index contributed by atoms with van der Waals surface area (Å²) in [5, 5.41) is 0. The number of ether oxygens (including phenoxy) is 1. The molecule has 3 nitrogen and oxygen atoms in total. The van der Waals surface area contributed by atoms with Crippen molar-refractivity contribution < 1.29 is 4.74 Å². The third kappa shape index (κ3) is 1.94. The van der Waals surface area contributed by atoms with Crippen LogP contribution in [0.1, 0.15) is 0 Å². The summed E-state index contributed by atoms with van der Waals surface area (Å²) in [6.07, 6.45) is 2.27. The largest absolute Gasteiger partial charge is 0.378 e. The highest BCUT2D eigenvalue weighted by Gasteiger charge is 2.26. The van der Waals surface area contributed by atoms with Crippen LogP contribution in [-0.2, 0) is 4.74 Å². The predicted molar refractivity (Wildman–Crippen MR) is 60.0 cm³/mol. The van der Waals surface area contributed by atoms with Gasteiger partial charge in [0.15, 0.2) is 0 Å². The quantitative estimate of drug-likeness (QED) is 0.772. The van der Waals surface area contributed by atoms with Gasteiger partial charge in [-0.3, -0.25) is 0 Å². The molecule has 0 unspecified atom stereocenters. The Morgan fingerprint density at radius 1 is 1.54 bits per heavy atom. The second-order valence-electron chi connectivity index (χ2n) is 3.10. The number of aromatic nitrogens is 1. The molecule has 1 aromatic rings. The summed E-state index contributed by atoms with van der Waals surface area (Å²) < 4.78 is 6.36. The minimum absolute atomic E-state index is 0.390. The molecule has 0 N–H and O–H groups in total. The lowest BCUT2D eigenvalue weighted by molar-refractivity contribution is 0.0783. The first kappa shape index (κ1) is 9.21. The molecule has 0 aromatic carbocycles. The molecule has 0 aliphatic carbocycles. The van der Waals surface area contributed by atoms with E-state index in [0.29, 0.717) is 6.10 Å². The molecule has 1 aromatic heterocycles. The summed E-state index contributed by atoms with van der Waals surface area (Å²) in [5.41, 5.74) is 0. The van der Waals surface area contributed by atoms with Crippen LogP contribution < -0.4 is 4.90 Å². The molecule has 13 heavy (non-hydrogen) atoms. The topological polar surface area (TPSA) is 25.4 Å². The van der Waals surface area contributed by atoms with Crippen LogP contribution >= 0.6 is 22.6 Å². The fraction of sp³-hybridized carbons (Fsp3) is 0.444. The summed E-state index contributed by atoms with van der Waals surface area (Å²) >= 11 is 2.26. The minimum Gasteiger partial charge on any atom is -0.378 e. The van der Waals surface area contributed by atoms with Crippen LogP contribution in [0.25, 0.3) is 0 Å². The molecule has 2 rings (SSSR count). The van der Waals surface area contributed by atoms with Gasteiger partial charge in [0.2, 0.25) is 0 Å². The number of anilines is 1. The van der Waals surface area contributed by atoms with Crippen molar-refractivity contribution in [2.45, 2.75) is 6.10 Å². The molecule has 0 atom stereocenters. The van der Waals surface area contributed by atoms with Crippen LogP contribution in [0.5, 0.6) is 0 Å². The van der Waals surface area contributed by atoms with Crippen LogP contribution in [0.2, 0.25) is 0 Å². The van der Waals surface area contributed by atoms with E-state index in [1.165, 1.54) is 3.57 Å². The van der Waals surface area contributed by atoms with Gasteiger partial charge in [-0.15, -0.1) is 0 Å². The number of hydrogen-bond donors (Lipinski definition) is 0. The van der Waals surface area contributed by atoms with Gasteiger partial charge in [0.1, 0.15) is 5.82 Å². The fourth-order valence-corrected chi connectivity index (χ4v) is 1.65. The first-order valence-corrected chi connectivity index (χ1v) is 5.27. The number of hydrogen-bond acceptors (Lipinski definition) is 3. The zero-order chi connectivity index (χ0) is 9.26. The molecule has 0 amide bonds. The van der Waals surface area contributed by atoms with Crippen LogP contribution in [0, 0.1) is 3.57 Å². The molecule has 1 saturated heterocycles. The van der Waals surface area contributed by atoms with Crippen molar-refractivity contribution in [3.63, 3.8) is 0 Å². The van der Waals surface area contributed by atoms with Crippen molar-refractivity contribution in [2.24, 2.45) is 0 Å². The Bertz CT molecular complexity index is 282. The van der Waals surface area contributed by atoms with Gasteiger partial charge < -0.3 is 9.64 Å². The monoisotopic (exact) mass is 290 g/mol. The van der Waals surface area contributed by atoms with Crippen LogP contribution in [-0.4, -0.2) is 31.3 Å². The molecule has 0 bridgehead atoms. The standard InChI is InChI=1S/C9H11IN2O/c1-13-8-5-12(6-8)9-3-2-7(10)4-11-9/h2-4,8H,5-6H2,1H3. The summed E-state index contributed by atoms with van der Waals surface area (Å²) in [7, 11) is 1.75. The average Bonchev–Trinajstić information content (AvgIpc) is 2.06. The third-order valence-corrected chi connectivity index (χ3v) is 2.86. The molecule has 0 spiro atoms. The van der Waals surface area contributed by atoms with Crippen molar-refractivity contribution in [2.75, 3.05) is 25.1 Å². The van der Waals surface area contributed by atoms with Crippen molar-refractivity contribution in [3.8, 4) is 0 Å². The van der Waals surface area contributed by atoms with E-state index in [9.17, 15) is 0 Å². The Labute approximate surface area is 91.2 Å². The summed E-state index contributed by atoms with van der Waals surface area (Å²) in [6.45, 7) is 1.92. The zero-order valence-electron chi connectivity index (χ0n) is 7.40. The molecule has 2 heterocycles. The molecule has 1 aliphatic rings. The van der Waals surface area contributed by atoms with Crippen LogP contribution in [0.15, 0.2) is 18.3 Å². The van der Waals surface area contributed by atoms with E-state index in [0.717, 1.165) is 18.9 Å². The van der Waals surface area contributed by atoms with Crippen molar-refractivity contribution in [3.05, 3.63) is 21.9 Å². The maximum atomic E-state index is 5.19. The molecule has 1 aliphatic heterocycles. The van der Waals surface area contributed by atoms with Crippen LogP contribution in [0.3, 0.4) is 0 Å². The van der Waals surface area contributed by atoms with Crippen molar-refractivity contribution in [1.82, 2.24) is 4.98 Å². The Hall–Kier alpha value is -0.360. The van der Waals surface area contributed by atoms with Gasteiger partial charge in [-0.05, 0) is 34.7 Å². The summed E-state index contributed by atoms with van der Waals surface area (Å²) in [6, 6.07) is 4.12. The lowest BCUT2D eigenvalue weighted by Gasteiger charge is -2.38. The number of rotatable bonds is 2. The van der Waals surface area contributed by atoms with Gasteiger partial charge in [-0.25, -0.2) is 4.98 Å². The highest BCUT2D eigenvalue weighted by Crippen LogP contribution is 2.19. The van der Waals surface area contributed by atoms with E-state index in [4.69, 9.17) is 4.74 Å². The van der Waals surface area contributed by atoms with E-state index in [1.54, 1.807) is 7.11 Å². The first-order valence-electron chi connectivity index (χ1n) is 4.19.